The molecule has 0 bridgehead atoms. The van der Waals surface area contributed by atoms with Crippen LogP contribution >= 0.6 is 11.8 Å². The average molecular weight is 316 g/mol. The average Bonchev–Trinajstić information content (AvgIpc) is 3.08. The second-order valence-corrected chi connectivity index (χ2v) is 5.70. The molecule has 0 N–H and O–H groups in total. The molecule has 6 heteroatoms. The zero-order valence-corrected chi connectivity index (χ0v) is 12.9. The van der Waals surface area contributed by atoms with Crippen LogP contribution in [0.4, 0.5) is 4.39 Å². The highest BCUT2D eigenvalue weighted by molar-refractivity contribution is 8.18. The van der Waals surface area contributed by atoms with Gasteiger partial charge in [0.05, 0.1) is 4.91 Å². The normalized spacial score (nSPS) is 18.7. The van der Waals surface area contributed by atoms with E-state index >= 15 is 0 Å². The van der Waals surface area contributed by atoms with E-state index in [1.165, 1.54) is 28.8 Å². The summed E-state index contributed by atoms with van der Waals surface area (Å²) >= 11 is 1.30. The predicted octanol–water partition coefficient (Wildman–Crippen LogP) is 3.62. The first-order chi connectivity index (χ1) is 10.6. The molecule has 1 fully saturated rings. The number of likely N-dealkylation sites (N-methyl/N-ethyl adjacent to an activating group) is 1. The number of furan rings is 1. The van der Waals surface area contributed by atoms with Gasteiger partial charge in [-0.05, 0) is 36.0 Å². The Kier molecular flexibility index (Phi) is 3.85. The third kappa shape index (κ3) is 2.69. The van der Waals surface area contributed by atoms with Crippen LogP contribution in [0.15, 0.2) is 50.7 Å². The van der Waals surface area contributed by atoms with Crippen LogP contribution < -0.4 is 0 Å². The smallest absolute Gasteiger partial charge is 0.266 e. The van der Waals surface area contributed by atoms with E-state index < -0.39 is 0 Å². The first kappa shape index (κ1) is 14.6. The molecular weight excluding hydrogens is 303 g/mol. The summed E-state index contributed by atoms with van der Waals surface area (Å²) in [5.41, 5.74) is 0.656. The van der Waals surface area contributed by atoms with Crippen molar-refractivity contribution in [1.82, 2.24) is 4.90 Å². The zero-order chi connectivity index (χ0) is 15.7. The Hall–Kier alpha value is -2.34. The number of carbonyl (C=O) groups is 1. The molecule has 0 saturated carbocycles. The van der Waals surface area contributed by atoms with Crippen molar-refractivity contribution in [2.75, 3.05) is 14.1 Å². The van der Waals surface area contributed by atoms with E-state index in [0.717, 1.165) is 0 Å². The van der Waals surface area contributed by atoms with Gasteiger partial charge in [0.2, 0.25) is 0 Å². The summed E-state index contributed by atoms with van der Waals surface area (Å²) in [6, 6.07) is 9.68. The van der Waals surface area contributed by atoms with E-state index in [0.29, 0.717) is 27.2 Å². The molecular formula is C16H13FN2O2S. The molecule has 2 aromatic rings. The number of amidine groups is 1. The van der Waals surface area contributed by atoms with Gasteiger partial charge in [0, 0.05) is 25.7 Å². The lowest BCUT2D eigenvalue weighted by Gasteiger charge is -2.04. The number of carbonyl (C=O) groups excluding carboxylic acids is 1. The van der Waals surface area contributed by atoms with Gasteiger partial charge in [0.25, 0.3) is 5.91 Å². The van der Waals surface area contributed by atoms with E-state index in [9.17, 15) is 9.18 Å². The van der Waals surface area contributed by atoms with E-state index in [-0.39, 0.29) is 11.7 Å². The third-order valence-corrected chi connectivity index (χ3v) is 4.36. The SMILES string of the molecule is CN=C1S/C(=C/c2ccc(-c3cccc(F)c3)o2)C(=O)N1C. The quantitative estimate of drug-likeness (QED) is 0.795. The molecule has 22 heavy (non-hydrogen) atoms. The number of aliphatic imine (C=N–C) groups is 1. The lowest BCUT2D eigenvalue weighted by molar-refractivity contribution is -0.121. The fourth-order valence-corrected chi connectivity index (χ4v) is 3.01. The van der Waals surface area contributed by atoms with Gasteiger partial charge in [0.15, 0.2) is 5.17 Å². The third-order valence-electron chi connectivity index (χ3n) is 3.20. The fourth-order valence-electron chi connectivity index (χ4n) is 2.11. The second-order valence-electron chi connectivity index (χ2n) is 4.69. The van der Waals surface area contributed by atoms with Crippen molar-refractivity contribution >= 4 is 28.9 Å². The standard InChI is InChI=1S/C16H13FN2O2S/c1-18-16-19(2)15(20)14(22-16)9-12-6-7-13(21-12)10-4-3-5-11(17)8-10/h3-9H,1-2H3/b14-9+,18-16?. The Balaban J connectivity index is 1.89. The molecule has 0 radical (unpaired) electrons. The van der Waals surface area contributed by atoms with Crippen molar-refractivity contribution in [3.05, 3.63) is 52.9 Å². The molecule has 3 rings (SSSR count). The molecule has 1 saturated heterocycles. The maximum atomic E-state index is 13.2. The Morgan fingerprint density at radius 3 is 2.82 bits per heavy atom. The van der Waals surface area contributed by atoms with Gasteiger partial charge in [-0.3, -0.25) is 14.7 Å². The van der Waals surface area contributed by atoms with E-state index in [1.54, 1.807) is 44.4 Å². The predicted molar refractivity (Wildman–Crippen MR) is 85.8 cm³/mol. The van der Waals surface area contributed by atoms with Crippen LogP contribution in [0.25, 0.3) is 17.4 Å². The van der Waals surface area contributed by atoms with E-state index in [2.05, 4.69) is 4.99 Å². The number of halogens is 1. The summed E-state index contributed by atoms with van der Waals surface area (Å²) in [7, 11) is 3.32. The molecule has 1 amide bonds. The Morgan fingerprint density at radius 2 is 2.14 bits per heavy atom. The van der Waals surface area contributed by atoms with Gasteiger partial charge >= 0.3 is 0 Å². The summed E-state index contributed by atoms with van der Waals surface area (Å²) in [6.45, 7) is 0. The molecule has 1 aliphatic rings. The van der Waals surface area contributed by atoms with Crippen molar-refractivity contribution in [1.29, 1.82) is 0 Å². The fraction of sp³-hybridized carbons (Fsp3) is 0.125. The van der Waals surface area contributed by atoms with Gasteiger partial charge in [-0.1, -0.05) is 12.1 Å². The first-order valence-electron chi connectivity index (χ1n) is 6.58. The number of hydrogen-bond donors (Lipinski definition) is 0. The first-order valence-corrected chi connectivity index (χ1v) is 7.40. The maximum Gasteiger partial charge on any atom is 0.266 e. The number of amides is 1. The summed E-state index contributed by atoms with van der Waals surface area (Å²) in [5.74, 6) is 0.662. The van der Waals surface area contributed by atoms with Crippen molar-refractivity contribution < 1.29 is 13.6 Å². The molecule has 1 aliphatic heterocycles. The van der Waals surface area contributed by atoms with Gasteiger partial charge < -0.3 is 4.42 Å². The van der Waals surface area contributed by atoms with Gasteiger partial charge in [-0.25, -0.2) is 4.39 Å². The highest BCUT2D eigenvalue weighted by Gasteiger charge is 2.30. The van der Waals surface area contributed by atoms with Crippen LogP contribution in [0.2, 0.25) is 0 Å². The van der Waals surface area contributed by atoms with Crippen LogP contribution in [0.5, 0.6) is 0 Å². The maximum absolute atomic E-state index is 13.2. The summed E-state index contributed by atoms with van der Waals surface area (Å²) in [6.07, 6.45) is 1.67. The molecule has 112 valence electrons. The molecule has 0 atom stereocenters. The zero-order valence-electron chi connectivity index (χ0n) is 12.0. The minimum atomic E-state index is -0.319. The van der Waals surface area contributed by atoms with Crippen LogP contribution in [0.3, 0.4) is 0 Å². The number of thioether (sulfide) groups is 1. The molecule has 0 spiro atoms. The second kappa shape index (κ2) is 5.81. The van der Waals surface area contributed by atoms with E-state index in [1.807, 2.05) is 0 Å². The molecule has 4 nitrogen and oxygen atoms in total. The highest BCUT2D eigenvalue weighted by atomic mass is 32.2. The Labute approximate surface area is 131 Å². The van der Waals surface area contributed by atoms with Gasteiger partial charge in [-0.2, -0.15) is 0 Å². The Morgan fingerprint density at radius 1 is 1.32 bits per heavy atom. The lowest BCUT2D eigenvalue weighted by atomic mass is 10.2. The number of nitrogens with zero attached hydrogens (tertiary/aromatic N) is 2. The minimum Gasteiger partial charge on any atom is -0.457 e. The molecule has 0 aliphatic carbocycles. The highest BCUT2D eigenvalue weighted by Crippen LogP contribution is 2.32. The minimum absolute atomic E-state index is 0.116. The number of rotatable bonds is 2. The lowest BCUT2D eigenvalue weighted by Crippen LogP contribution is -2.23. The largest absolute Gasteiger partial charge is 0.457 e. The monoisotopic (exact) mass is 316 g/mol. The van der Waals surface area contributed by atoms with Crippen molar-refractivity contribution in [3.8, 4) is 11.3 Å². The van der Waals surface area contributed by atoms with Crippen LogP contribution in [-0.2, 0) is 4.79 Å². The molecule has 2 heterocycles. The van der Waals surface area contributed by atoms with Crippen molar-refractivity contribution in [2.45, 2.75) is 0 Å². The molecule has 0 unspecified atom stereocenters. The molecule has 1 aromatic heterocycles. The van der Waals surface area contributed by atoms with Crippen LogP contribution in [-0.4, -0.2) is 30.1 Å². The van der Waals surface area contributed by atoms with E-state index in [4.69, 9.17) is 4.42 Å². The summed E-state index contributed by atoms with van der Waals surface area (Å²) in [5, 5.41) is 0.646. The Bertz CT molecular complexity index is 795. The van der Waals surface area contributed by atoms with Crippen molar-refractivity contribution in [3.63, 3.8) is 0 Å². The summed E-state index contributed by atoms with van der Waals surface area (Å²) in [4.78, 5) is 18.1. The van der Waals surface area contributed by atoms with Crippen LogP contribution in [0.1, 0.15) is 5.76 Å². The molecule has 1 aromatic carbocycles. The topological polar surface area (TPSA) is 45.8 Å². The van der Waals surface area contributed by atoms with Crippen LogP contribution in [0, 0.1) is 5.82 Å². The number of benzene rings is 1. The van der Waals surface area contributed by atoms with Gasteiger partial charge in [0.1, 0.15) is 17.3 Å². The van der Waals surface area contributed by atoms with Gasteiger partial charge in [-0.15, -0.1) is 0 Å². The van der Waals surface area contributed by atoms with Crippen molar-refractivity contribution in [2.24, 2.45) is 4.99 Å². The number of hydrogen-bond acceptors (Lipinski definition) is 4. The summed E-state index contributed by atoms with van der Waals surface area (Å²) < 4.78 is 18.9.